The smallest absolute Gasteiger partial charge is 0.119 e. The summed E-state index contributed by atoms with van der Waals surface area (Å²) in [4.78, 5) is 4.41. The standard InChI is InChI=1S/C19H19NO2/c1-14(13-22-16-9-7-15(21-2)8-10-16)17-11-12-20-19-6-4-3-5-18(17)19/h3-12,14H,13H2,1-2H3. The Morgan fingerprint density at radius 1 is 0.955 bits per heavy atom. The molecular formula is C19H19NO2. The minimum Gasteiger partial charge on any atom is -0.497 e. The molecule has 0 amide bonds. The van der Waals surface area contributed by atoms with E-state index >= 15 is 0 Å². The summed E-state index contributed by atoms with van der Waals surface area (Å²) in [5, 5.41) is 1.19. The van der Waals surface area contributed by atoms with E-state index < -0.39 is 0 Å². The number of aromatic nitrogens is 1. The molecule has 112 valence electrons. The largest absolute Gasteiger partial charge is 0.497 e. The second kappa shape index (κ2) is 6.48. The molecule has 0 aliphatic rings. The number of ether oxygens (including phenoxy) is 2. The molecule has 0 saturated heterocycles. The van der Waals surface area contributed by atoms with Gasteiger partial charge in [-0.2, -0.15) is 0 Å². The molecule has 0 spiro atoms. The Kier molecular flexibility index (Phi) is 4.24. The van der Waals surface area contributed by atoms with E-state index in [0.717, 1.165) is 17.0 Å². The molecule has 0 aliphatic carbocycles. The van der Waals surface area contributed by atoms with Crippen LogP contribution in [0, 0.1) is 0 Å². The third kappa shape index (κ3) is 3.03. The predicted octanol–water partition coefficient (Wildman–Crippen LogP) is 4.43. The lowest BCUT2D eigenvalue weighted by Crippen LogP contribution is -2.07. The van der Waals surface area contributed by atoms with Gasteiger partial charge in [0.1, 0.15) is 11.5 Å². The normalized spacial score (nSPS) is 12.1. The Bertz CT molecular complexity index is 747. The number of fused-ring (bicyclic) bond motifs is 1. The van der Waals surface area contributed by atoms with E-state index in [1.54, 1.807) is 7.11 Å². The molecule has 3 rings (SSSR count). The number of para-hydroxylation sites is 1. The van der Waals surface area contributed by atoms with E-state index in [4.69, 9.17) is 9.47 Å². The second-order valence-corrected chi connectivity index (χ2v) is 5.30. The summed E-state index contributed by atoms with van der Waals surface area (Å²) in [5.41, 5.74) is 2.29. The number of methoxy groups -OCH3 is 1. The molecule has 0 N–H and O–H groups in total. The molecule has 0 saturated carbocycles. The first-order chi connectivity index (χ1) is 10.8. The highest BCUT2D eigenvalue weighted by Crippen LogP contribution is 2.25. The molecule has 3 aromatic rings. The Balaban J connectivity index is 1.74. The van der Waals surface area contributed by atoms with Crippen molar-refractivity contribution in [2.24, 2.45) is 0 Å². The first-order valence-corrected chi connectivity index (χ1v) is 7.38. The molecule has 3 heteroatoms. The molecule has 0 fully saturated rings. The summed E-state index contributed by atoms with van der Waals surface area (Å²) >= 11 is 0. The lowest BCUT2D eigenvalue weighted by atomic mass is 9.98. The highest BCUT2D eigenvalue weighted by molar-refractivity contribution is 5.82. The van der Waals surface area contributed by atoms with Gasteiger partial charge in [0.05, 0.1) is 19.2 Å². The van der Waals surface area contributed by atoms with Gasteiger partial charge in [-0.3, -0.25) is 4.98 Å². The van der Waals surface area contributed by atoms with E-state index in [-0.39, 0.29) is 5.92 Å². The van der Waals surface area contributed by atoms with Crippen molar-refractivity contribution in [1.82, 2.24) is 4.98 Å². The third-order valence-electron chi connectivity index (χ3n) is 3.77. The van der Waals surface area contributed by atoms with Crippen LogP contribution in [-0.4, -0.2) is 18.7 Å². The maximum Gasteiger partial charge on any atom is 0.119 e. The van der Waals surface area contributed by atoms with Crippen LogP contribution in [0.3, 0.4) is 0 Å². The summed E-state index contributed by atoms with van der Waals surface area (Å²) < 4.78 is 11.0. The molecule has 0 bridgehead atoms. The van der Waals surface area contributed by atoms with Crippen molar-refractivity contribution in [3.8, 4) is 11.5 Å². The number of hydrogen-bond acceptors (Lipinski definition) is 3. The van der Waals surface area contributed by atoms with Crippen molar-refractivity contribution in [2.45, 2.75) is 12.8 Å². The van der Waals surface area contributed by atoms with Crippen LogP contribution in [0.25, 0.3) is 10.9 Å². The zero-order chi connectivity index (χ0) is 15.4. The average Bonchev–Trinajstić information content (AvgIpc) is 2.59. The highest BCUT2D eigenvalue weighted by Gasteiger charge is 2.10. The van der Waals surface area contributed by atoms with E-state index in [2.05, 4.69) is 24.0 Å². The lowest BCUT2D eigenvalue weighted by molar-refractivity contribution is 0.296. The van der Waals surface area contributed by atoms with Crippen LogP contribution in [-0.2, 0) is 0 Å². The van der Waals surface area contributed by atoms with Gasteiger partial charge in [0.15, 0.2) is 0 Å². The Labute approximate surface area is 130 Å². The fraction of sp³-hybridized carbons (Fsp3) is 0.211. The van der Waals surface area contributed by atoms with Crippen molar-refractivity contribution in [3.05, 3.63) is 66.4 Å². The van der Waals surface area contributed by atoms with Crippen LogP contribution >= 0.6 is 0 Å². The number of hydrogen-bond donors (Lipinski definition) is 0. The summed E-state index contributed by atoms with van der Waals surface area (Å²) in [5.74, 6) is 1.97. The van der Waals surface area contributed by atoms with Gasteiger partial charge in [0, 0.05) is 17.5 Å². The van der Waals surface area contributed by atoms with E-state index in [1.807, 2.05) is 48.7 Å². The van der Waals surface area contributed by atoms with Crippen LogP contribution < -0.4 is 9.47 Å². The lowest BCUT2D eigenvalue weighted by Gasteiger charge is -2.15. The highest BCUT2D eigenvalue weighted by atomic mass is 16.5. The minimum atomic E-state index is 0.287. The Morgan fingerprint density at radius 2 is 1.68 bits per heavy atom. The van der Waals surface area contributed by atoms with Crippen LogP contribution in [0.5, 0.6) is 11.5 Å². The van der Waals surface area contributed by atoms with Gasteiger partial charge in [-0.15, -0.1) is 0 Å². The number of benzene rings is 2. The van der Waals surface area contributed by atoms with Gasteiger partial charge in [0.2, 0.25) is 0 Å². The fourth-order valence-corrected chi connectivity index (χ4v) is 2.53. The molecule has 22 heavy (non-hydrogen) atoms. The Hall–Kier alpha value is -2.55. The van der Waals surface area contributed by atoms with E-state index in [1.165, 1.54) is 10.9 Å². The maximum absolute atomic E-state index is 5.89. The summed E-state index contributed by atoms with van der Waals surface area (Å²) in [7, 11) is 1.66. The molecule has 0 aliphatic heterocycles. The summed E-state index contributed by atoms with van der Waals surface area (Å²) in [6.45, 7) is 2.80. The molecular weight excluding hydrogens is 274 g/mol. The first-order valence-electron chi connectivity index (χ1n) is 7.38. The molecule has 3 nitrogen and oxygen atoms in total. The number of pyridine rings is 1. The molecule has 1 heterocycles. The summed E-state index contributed by atoms with van der Waals surface area (Å²) in [6.07, 6.45) is 1.86. The van der Waals surface area contributed by atoms with Gasteiger partial charge >= 0.3 is 0 Å². The predicted molar refractivity (Wildman–Crippen MR) is 88.6 cm³/mol. The zero-order valence-corrected chi connectivity index (χ0v) is 12.8. The quantitative estimate of drug-likeness (QED) is 0.697. The van der Waals surface area contributed by atoms with Gasteiger partial charge in [-0.25, -0.2) is 0 Å². The van der Waals surface area contributed by atoms with Crippen molar-refractivity contribution in [2.75, 3.05) is 13.7 Å². The molecule has 1 unspecified atom stereocenters. The third-order valence-corrected chi connectivity index (χ3v) is 3.77. The minimum absolute atomic E-state index is 0.287. The molecule has 0 radical (unpaired) electrons. The van der Waals surface area contributed by atoms with Crippen LogP contribution in [0.2, 0.25) is 0 Å². The van der Waals surface area contributed by atoms with E-state index in [9.17, 15) is 0 Å². The first kappa shape index (κ1) is 14.4. The summed E-state index contributed by atoms with van der Waals surface area (Å²) in [6, 6.07) is 17.9. The zero-order valence-electron chi connectivity index (χ0n) is 12.8. The van der Waals surface area contributed by atoms with Gasteiger partial charge in [-0.05, 0) is 42.0 Å². The molecule has 2 aromatic carbocycles. The Morgan fingerprint density at radius 3 is 2.45 bits per heavy atom. The van der Waals surface area contributed by atoms with Crippen LogP contribution in [0.4, 0.5) is 0 Å². The van der Waals surface area contributed by atoms with Crippen molar-refractivity contribution >= 4 is 10.9 Å². The second-order valence-electron chi connectivity index (χ2n) is 5.30. The SMILES string of the molecule is COc1ccc(OCC(C)c2ccnc3ccccc23)cc1. The number of nitrogens with zero attached hydrogens (tertiary/aromatic N) is 1. The van der Waals surface area contributed by atoms with Crippen molar-refractivity contribution < 1.29 is 9.47 Å². The van der Waals surface area contributed by atoms with Gasteiger partial charge in [0.25, 0.3) is 0 Å². The van der Waals surface area contributed by atoms with Crippen LogP contribution in [0.15, 0.2) is 60.8 Å². The molecule has 1 aromatic heterocycles. The fourth-order valence-electron chi connectivity index (χ4n) is 2.53. The maximum atomic E-state index is 5.89. The van der Waals surface area contributed by atoms with Gasteiger partial charge < -0.3 is 9.47 Å². The topological polar surface area (TPSA) is 31.4 Å². The van der Waals surface area contributed by atoms with Crippen LogP contribution in [0.1, 0.15) is 18.4 Å². The van der Waals surface area contributed by atoms with Crippen molar-refractivity contribution in [1.29, 1.82) is 0 Å². The number of rotatable bonds is 5. The van der Waals surface area contributed by atoms with Gasteiger partial charge in [-0.1, -0.05) is 25.1 Å². The molecule has 1 atom stereocenters. The average molecular weight is 293 g/mol. The van der Waals surface area contributed by atoms with E-state index in [0.29, 0.717) is 6.61 Å². The monoisotopic (exact) mass is 293 g/mol. The van der Waals surface area contributed by atoms with Crippen molar-refractivity contribution in [3.63, 3.8) is 0 Å².